The molecule has 1 aromatic heterocycles. The van der Waals surface area contributed by atoms with E-state index in [1.165, 1.54) is 36.2 Å². The van der Waals surface area contributed by atoms with Crippen LogP contribution in [0.15, 0.2) is 90.1 Å². The number of nitrogens with zero attached hydrogens (tertiary/aromatic N) is 4. The van der Waals surface area contributed by atoms with Crippen molar-refractivity contribution in [2.45, 2.75) is 18.2 Å². The smallest absolute Gasteiger partial charge is 0.322 e. The third-order valence-electron chi connectivity index (χ3n) is 6.76. The molecule has 1 aliphatic rings. The minimum absolute atomic E-state index is 0.00537. The Kier molecular flexibility index (Phi) is 8.88. The van der Waals surface area contributed by atoms with Crippen LogP contribution >= 0.6 is 0 Å². The molecule has 0 saturated carbocycles. The van der Waals surface area contributed by atoms with E-state index in [0.29, 0.717) is 16.0 Å². The van der Waals surface area contributed by atoms with Gasteiger partial charge in [0.15, 0.2) is 0 Å². The normalized spacial score (nSPS) is 13.9. The summed E-state index contributed by atoms with van der Waals surface area (Å²) in [5.41, 5.74) is 4.75. The maximum absolute atomic E-state index is 13.1. The van der Waals surface area contributed by atoms with Gasteiger partial charge in [-0.3, -0.25) is 9.69 Å². The number of hydrogen-bond acceptors (Lipinski definition) is 9. The molecule has 1 aliphatic heterocycles. The molecule has 0 amide bonds. The van der Waals surface area contributed by atoms with E-state index in [-0.39, 0.29) is 17.1 Å². The lowest BCUT2D eigenvalue weighted by Crippen LogP contribution is -2.37. The fourth-order valence-electron chi connectivity index (χ4n) is 4.45. The second kappa shape index (κ2) is 12.9. The molecule has 41 heavy (non-hydrogen) atoms. The molecule has 0 spiro atoms. The Hall–Kier alpha value is -4.32. The van der Waals surface area contributed by atoms with Crippen LogP contribution in [0.25, 0.3) is 11.3 Å². The molecule has 5 rings (SSSR count). The molecule has 0 radical (unpaired) electrons. The van der Waals surface area contributed by atoms with Gasteiger partial charge < -0.3 is 14.9 Å². The minimum Gasteiger partial charge on any atom is -0.379 e. The number of aromatic nitrogens is 2. The van der Waals surface area contributed by atoms with Gasteiger partial charge in [0.05, 0.1) is 29.5 Å². The monoisotopic (exact) mass is 573 g/mol. The van der Waals surface area contributed by atoms with Crippen LogP contribution in [0.5, 0.6) is 0 Å². The van der Waals surface area contributed by atoms with Gasteiger partial charge in [-0.1, -0.05) is 46.4 Å². The standard InChI is InChI=1S/C30H31N5O5S/c1-23-2-12-28(13-3-23)41(37,38)35(40-22-36)27-10-8-26(9-11-27)33-30-20-29(31-21-32-30)25-6-4-24(5-7-25)14-15-34-16-18-39-19-17-34/h2-13,20-22H,14-19H2,1H3,(H,31,32,33). The first-order valence-corrected chi connectivity index (χ1v) is 14.7. The van der Waals surface area contributed by atoms with E-state index in [2.05, 4.69) is 44.5 Å². The van der Waals surface area contributed by atoms with Crippen LogP contribution in [-0.2, 0) is 30.8 Å². The fraction of sp³-hybridized carbons (Fsp3) is 0.233. The summed E-state index contributed by atoms with van der Waals surface area (Å²) < 4.78 is 32.2. The van der Waals surface area contributed by atoms with Gasteiger partial charge >= 0.3 is 6.47 Å². The molecular formula is C30H31N5O5S. The molecule has 0 atom stereocenters. The second-order valence-electron chi connectivity index (χ2n) is 9.61. The highest BCUT2D eigenvalue weighted by atomic mass is 32.2. The highest BCUT2D eigenvalue weighted by molar-refractivity contribution is 7.92. The fourth-order valence-corrected chi connectivity index (χ4v) is 5.67. The van der Waals surface area contributed by atoms with Crippen molar-refractivity contribution in [1.29, 1.82) is 0 Å². The number of rotatable bonds is 11. The zero-order chi connectivity index (χ0) is 28.7. The largest absolute Gasteiger partial charge is 0.379 e. The van der Waals surface area contributed by atoms with Gasteiger partial charge in [-0.15, -0.1) is 0 Å². The average molecular weight is 574 g/mol. The van der Waals surface area contributed by atoms with Crippen molar-refractivity contribution >= 4 is 33.7 Å². The molecule has 4 aromatic rings. The molecule has 1 N–H and O–H groups in total. The third kappa shape index (κ3) is 7.07. The molecule has 0 aliphatic carbocycles. The van der Waals surface area contributed by atoms with Crippen LogP contribution in [0.1, 0.15) is 11.1 Å². The van der Waals surface area contributed by atoms with Gasteiger partial charge in [0.25, 0.3) is 10.0 Å². The summed E-state index contributed by atoms with van der Waals surface area (Å²) in [6.45, 7) is 6.51. The molecule has 0 bridgehead atoms. The number of anilines is 3. The average Bonchev–Trinajstić information content (AvgIpc) is 3.00. The predicted octanol–water partition coefficient (Wildman–Crippen LogP) is 4.35. The lowest BCUT2D eigenvalue weighted by Gasteiger charge is -2.26. The van der Waals surface area contributed by atoms with Crippen molar-refractivity contribution in [3.8, 4) is 11.3 Å². The van der Waals surface area contributed by atoms with Crippen molar-refractivity contribution in [3.05, 3.63) is 96.3 Å². The summed E-state index contributed by atoms with van der Waals surface area (Å²) in [6.07, 6.45) is 2.47. The van der Waals surface area contributed by atoms with Gasteiger partial charge in [0.2, 0.25) is 0 Å². The second-order valence-corrected chi connectivity index (χ2v) is 11.4. The topological polar surface area (TPSA) is 114 Å². The number of ether oxygens (including phenoxy) is 1. The quantitative estimate of drug-likeness (QED) is 0.207. The Bertz CT molecular complexity index is 1560. The Morgan fingerprint density at radius 3 is 2.37 bits per heavy atom. The summed E-state index contributed by atoms with van der Waals surface area (Å²) >= 11 is 0. The van der Waals surface area contributed by atoms with Gasteiger partial charge in [-0.25, -0.2) is 9.97 Å². The molecular weight excluding hydrogens is 542 g/mol. The van der Waals surface area contributed by atoms with Crippen molar-refractivity contribution in [1.82, 2.24) is 14.9 Å². The maximum atomic E-state index is 13.1. The number of nitrogens with one attached hydrogen (secondary N) is 1. The Morgan fingerprint density at radius 1 is 0.976 bits per heavy atom. The first kappa shape index (κ1) is 28.2. The zero-order valence-corrected chi connectivity index (χ0v) is 23.5. The van der Waals surface area contributed by atoms with E-state index in [1.807, 2.05) is 13.0 Å². The molecule has 1 saturated heterocycles. The summed E-state index contributed by atoms with van der Waals surface area (Å²) in [5.74, 6) is 0.576. The minimum atomic E-state index is -4.12. The van der Waals surface area contributed by atoms with E-state index in [0.717, 1.165) is 56.1 Å². The van der Waals surface area contributed by atoms with Crippen LogP contribution in [-0.4, -0.2) is 62.6 Å². The SMILES string of the molecule is Cc1ccc(S(=O)(=O)N(OC=O)c2ccc(Nc3cc(-c4ccc(CCN5CCOCC5)cc4)ncn3)cc2)cc1. The summed E-state index contributed by atoms with van der Waals surface area (Å²) in [6, 6.07) is 22.9. The Labute approximate surface area is 239 Å². The number of hydrogen-bond donors (Lipinski definition) is 1. The van der Waals surface area contributed by atoms with Crippen molar-refractivity contribution in [3.63, 3.8) is 0 Å². The summed E-state index contributed by atoms with van der Waals surface area (Å²) in [5, 5.41) is 3.21. The number of benzene rings is 3. The molecule has 2 heterocycles. The van der Waals surface area contributed by atoms with Gasteiger partial charge in [-0.05, 0) is 55.3 Å². The zero-order valence-electron chi connectivity index (χ0n) is 22.6. The van der Waals surface area contributed by atoms with Crippen molar-refractivity contribution in [2.75, 3.05) is 42.6 Å². The molecule has 11 heteroatoms. The lowest BCUT2D eigenvalue weighted by atomic mass is 10.1. The molecule has 3 aromatic carbocycles. The van der Waals surface area contributed by atoms with Gasteiger partial charge in [-0.2, -0.15) is 8.42 Å². The molecule has 1 fully saturated rings. The van der Waals surface area contributed by atoms with Crippen LogP contribution in [0.3, 0.4) is 0 Å². The van der Waals surface area contributed by atoms with E-state index in [9.17, 15) is 13.2 Å². The van der Waals surface area contributed by atoms with E-state index < -0.39 is 10.0 Å². The first-order chi connectivity index (χ1) is 19.9. The molecule has 0 unspecified atom stereocenters. The number of morpholine rings is 1. The maximum Gasteiger partial charge on any atom is 0.322 e. The molecule has 10 nitrogen and oxygen atoms in total. The van der Waals surface area contributed by atoms with E-state index in [1.54, 1.807) is 24.3 Å². The van der Waals surface area contributed by atoms with Crippen LogP contribution in [0.2, 0.25) is 0 Å². The number of sulfonamides is 1. The van der Waals surface area contributed by atoms with E-state index in [4.69, 9.17) is 9.57 Å². The highest BCUT2D eigenvalue weighted by Crippen LogP contribution is 2.27. The molecule has 212 valence electrons. The van der Waals surface area contributed by atoms with Crippen LogP contribution in [0.4, 0.5) is 17.2 Å². The van der Waals surface area contributed by atoms with E-state index >= 15 is 0 Å². The van der Waals surface area contributed by atoms with Crippen molar-refractivity contribution < 1.29 is 22.8 Å². The van der Waals surface area contributed by atoms with Crippen molar-refractivity contribution in [2.24, 2.45) is 0 Å². The number of carbonyl (C=O) groups is 1. The van der Waals surface area contributed by atoms with Gasteiger partial charge in [0, 0.05) is 37.0 Å². The lowest BCUT2D eigenvalue weighted by molar-refractivity contribution is -0.128. The summed E-state index contributed by atoms with van der Waals surface area (Å²) in [4.78, 5) is 27.2. The van der Waals surface area contributed by atoms with Gasteiger partial charge in [0.1, 0.15) is 12.1 Å². The Balaban J connectivity index is 1.25. The number of carbonyl (C=O) groups excluding carboxylic acids is 1. The third-order valence-corrected chi connectivity index (χ3v) is 8.37. The highest BCUT2D eigenvalue weighted by Gasteiger charge is 2.27. The van der Waals surface area contributed by atoms with Crippen LogP contribution in [0, 0.1) is 6.92 Å². The summed E-state index contributed by atoms with van der Waals surface area (Å²) in [7, 11) is -4.12. The van der Waals surface area contributed by atoms with Crippen LogP contribution < -0.4 is 9.79 Å². The first-order valence-electron chi connectivity index (χ1n) is 13.2. The predicted molar refractivity (Wildman–Crippen MR) is 156 cm³/mol. The Morgan fingerprint density at radius 2 is 1.68 bits per heavy atom. The number of aryl methyl sites for hydroxylation is 1.